The lowest BCUT2D eigenvalue weighted by atomic mass is 9.92. The summed E-state index contributed by atoms with van der Waals surface area (Å²) in [4.78, 5) is 14.7. The summed E-state index contributed by atoms with van der Waals surface area (Å²) in [6, 6.07) is 0. The molecule has 2 N–H and O–H groups in total. The molecule has 4 nitrogen and oxygen atoms in total. The normalized spacial score (nSPS) is 23.0. The fourth-order valence-corrected chi connectivity index (χ4v) is 3.76. The van der Waals surface area contributed by atoms with Crippen molar-refractivity contribution in [3.8, 4) is 0 Å². The van der Waals surface area contributed by atoms with Gasteiger partial charge in [0, 0.05) is 25.0 Å². The summed E-state index contributed by atoms with van der Waals surface area (Å²) in [5.74, 6) is 1.75. The second kappa shape index (κ2) is 11.6. The molecule has 144 valence electrons. The highest BCUT2D eigenvalue weighted by Gasteiger charge is 2.30. The maximum absolute atomic E-state index is 12.1. The van der Waals surface area contributed by atoms with Gasteiger partial charge >= 0.3 is 0 Å². The standard InChI is InChI=1S/C18H35N3O.2ClH/c1-15-5-4-12-21(13-15)18(2,3)14-20-17(22)7-6-16-8-10-19-11-9-16;;/h15-16,19H,4-14H2,1-3H3,(H,20,22);2*1H. The van der Waals surface area contributed by atoms with Crippen LogP contribution in [0.4, 0.5) is 0 Å². The van der Waals surface area contributed by atoms with E-state index in [1.54, 1.807) is 0 Å². The van der Waals surface area contributed by atoms with Crippen molar-refractivity contribution in [1.82, 2.24) is 15.5 Å². The molecule has 6 heteroatoms. The number of amides is 1. The molecule has 1 atom stereocenters. The first-order valence-electron chi connectivity index (χ1n) is 9.20. The van der Waals surface area contributed by atoms with Crippen molar-refractivity contribution in [2.75, 3.05) is 32.7 Å². The van der Waals surface area contributed by atoms with E-state index in [0.29, 0.717) is 6.42 Å². The van der Waals surface area contributed by atoms with Gasteiger partial charge in [0.25, 0.3) is 0 Å². The minimum atomic E-state index is 0. The molecule has 0 bridgehead atoms. The Kier molecular flexibility index (Phi) is 11.5. The molecule has 24 heavy (non-hydrogen) atoms. The molecular formula is C18H37Cl2N3O. The zero-order valence-electron chi connectivity index (χ0n) is 15.6. The molecule has 0 aliphatic carbocycles. The van der Waals surface area contributed by atoms with E-state index in [1.807, 2.05) is 0 Å². The number of likely N-dealkylation sites (tertiary alicyclic amines) is 1. The summed E-state index contributed by atoms with van der Waals surface area (Å²) in [6.07, 6.45) is 6.82. The SMILES string of the molecule is CC1CCCN(C(C)(C)CNC(=O)CCC2CCNCC2)C1.Cl.Cl. The number of carbonyl (C=O) groups is 1. The number of hydrogen-bond donors (Lipinski definition) is 2. The third-order valence-electron chi connectivity index (χ3n) is 5.47. The first-order chi connectivity index (χ1) is 10.5. The number of halogens is 2. The summed E-state index contributed by atoms with van der Waals surface area (Å²) in [7, 11) is 0. The summed E-state index contributed by atoms with van der Waals surface area (Å²) in [5, 5.41) is 6.56. The van der Waals surface area contributed by atoms with Gasteiger partial charge in [0.05, 0.1) is 0 Å². The zero-order valence-corrected chi connectivity index (χ0v) is 17.2. The van der Waals surface area contributed by atoms with Crippen molar-refractivity contribution in [2.24, 2.45) is 11.8 Å². The van der Waals surface area contributed by atoms with Gasteiger partial charge in [-0.1, -0.05) is 6.92 Å². The van der Waals surface area contributed by atoms with Gasteiger partial charge in [-0.3, -0.25) is 9.69 Å². The van der Waals surface area contributed by atoms with Gasteiger partial charge in [0.1, 0.15) is 0 Å². The van der Waals surface area contributed by atoms with E-state index in [2.05, 4.69) is 36.3 Å². The lowest BCUT2D eigenvalue weighted by molar-refractivity contribution is -0.122. The molecule has 2 fully saturated rings. The molecule has 0 spiro atoms. The van der Waals surface area contributed by atoms with Gasteiger partial charge in [-0.25, -0.2) is 0 Å². The van der Waals surface area contributed by atoms with E-state index in [4.69, 9.17) is 0 Å². The van der Waals surface area contributed by atoms with E-state index in [1.165, 1.54) is 32.2 Å². The molecule has 2 aliphatic heterocycles. The monoisotopic (exact) mass is 381 g/mol. The maximum Gasteiger partial charge on any atom is 0.220 e. The molecule has 0 radical (unpaired) electrons. The van der Waals surface area contributed by atoms with Crippen molar-refractivity contribution < 1.29 is 4.79 Å². The molecule has 0 aromatic heterocycles. The van der Waals surface area contributed by atoms with Crippen molar-refractivity contribution in [1.29, 1.82) is 0 Å². The Morgan fingerprint density at radius 3 is 2.50 bits per heavy atom. The smallest absolute Gasteiger partial charge is 0.220 e. The van der Waals surface area contributed by atoms with Gasteiger partial charge in [-0.15, -0.1) is 24.8 Å². The topological polar surface area (TPSA) is 44.4 Å². The maximum atomic E-state index is 12.1. The Labute approximate surface area is 160 Å². The Balaban J connectivity index is 0.00000264. The van der Waals surface area contributed by atoms with Gasteiger partial charge in [0.2, 0.25) is 5.91 Å². The minimum Gasteiger partial charge on any atom is -0.354 e. The second-order valence-corrected chi connectivity index (χ2v) is 8.01. The van der Waals surface area contributed by atoms with E-state index in [9.17, 15) is 4.79 Å². The zero-order chi connectivity index (χ0) is 16.0. The average molecular weight is 382 g/mol. The summed E-state index contributed by atoms with van der Waals surface area (Å²) < 4.78 is 0. The van der Waals surface area contributed by atoms with Gasteiger partial charge in [-0.2, -0.15) is 0 Å². The number of nitrogens with one attached hydrogen (secondary N) is 2. The van der Waals surface area contributed by atoms with Gasteiger partial charge in [0.15, 0.2) is 0 Å². The molecule has 2 saturated heterocycles. The van der Waals surface area contributed by atoms with Gasteiger partial charge in [-0.05, 0) is 77.4 Å². The molecule has 2 heterocycles. The predicted molar refractivity (Wildman–Crippen MR) is 106 cm³/mol. The molecule has 2 rings (SSSR count). The predicted octanol–water partition coefficient (Wildman–Crippen LogP) is 3.24. The van der Waals surface area contributed by atoms with Crippen molar-refractivity contribution in [3.63, 3.8) is 0 Å². The average Bonchev–Trinajstić information content (AvgIpc) is 2.52. The van der Waals surface area contributed by atoms with E-state index < -0.39 is 0 Å². The molecule has 0 aromatic rings. The van der Waals surface area contributed by atoms with Crippen LogP contribution in [0.1, 0.15) is 59.3 Å². The number of carbonyl (C=O) groups excluding carboxylic acids is 1. The van der Waals surface area contributed by atoms with Crippen molar-refractivity contribution >= 4 is 30.7 Å². The molecular weight excluding hydrogens is 345 g/mol. The van der Waals surface area contributed by atoms with E-state index in [-0.39, 0.29) is 36.3 Å². The Bertz CT molecular complexity index is 360. The lowest BCUT2D eigenvalue weighted by Crippen LogP contribution is -2.54. The first kappa shape index (κ1) is 24.0. The van der Waals surface area contributed by atoms with Crippen LogP contribution in [0, 0.1) is 11.8 Å². The molecule has 1 unspecified atom stereocenters. The molecule has 2 aliphatic rings. The number of rotatable bonds is 6. The first-order valence-corrected chi connectivity index (χ1v) is 9.20. The van der Waals surface area contributed by atoms with E-state index >= 15 is 0 Å². The van der Waals surface area contributed by atoms with E-state index in [0.717, 1.165) is 44.4 Å². The van der Waals surface area contributed by atoms with Crippen molar-refractivity contribution in [2.45, 2.75) is 64.8 Å². The van der Waals surface area contributed by atoms with Gasteiger partial charge < -0.3 is 10.6 Å². The third kappa shape index (κ3) is 7.90. The van der Waals surface area contributed by atoms with Crippen LogP contribution in [0.15, 0.2) is 0 Å². The third-order valence-corrected chi connectivity index (χ3v) is 5.47. The highest BCUT2D eigenvalue weighted by molar-refractivity contribution is 5.85. The fourth-order valence-electron chi connectivity index (χ4n) is 3.76. The Hall–Kier alpha value is -0.0300. The quantitative estimate of drug-likeness (QED) is 0.741. The molecule has 1 amide bonds. The number of piperidine rings is 2. The van der Waals surface area contributed by atoms with Crippen LogP contribution in [0.5, 0.6) is 0 Å². The van der Waals surface area contributed by atoms with Crippen LogP contribution in [0.2, 0.25) is 0 Å². The summed E-state index contributed by atoms with van der Waals surface area (Å²) in [5.41, 5.74) is 0.0686. The van der Waals surface area contributed by atoms with Crippen molar-refractivity contribution in [3.05, 3.63) is 0 Å². The summed E-state index contributed by atoms with van der Waals surface area (Å²) >= 11 is 0. The highest BCUT2D eigenvalue weighted by atomic mass is 35.5. The highest BCUT2D eigenvalue weighted by Crippen LogP contribution is 2.23. The number of hydrogen-bond acceptors (Lipinski definition) is 3. The van der Waals surface area contributed by atoms with Crippen LogP contribution in [-0.4, -0.2) is 49.1 Å². The molecule has 0 saturated carbocycles. The largest absolute Gasteiger partial charge is 0.354 e. The Morgan fingerprint density at radius 2 is 1.88 bits per heavy atom. The number of nitrogens with zero attached hydrogens (tertiary/aromatic N) is 1. The minimum absolute atomic E-state index is 0. The van der Waals surface area contributed by atoms with Crippen LogP contribution in [-0.2, 0) is 4.79 Å². The summed E-state index contributed by atoms with van der Waals surface area (Å²) in [6.45, 7) is 12.2. The fraction of sp³-hybridized carbons (Fsp3) is 0.944. The molecule has 0 aromatic carbocycles. The van der Waals surface area contributed by atoms with Crippen LogP contribution in [0.3, 0.4) is 0 Å². The lowest BCUT2D eigenvalue weighted by Gasteiger charge is -2.43. The Morgan fingerprint density at radius 1 is 1.21 bits per heavy atom. The van der Waals surface area contributed by atoms with Crippen LogP contribution < -0.4 is 10.6 Å². The van der Waals surface area contributed by atoms with Crippen LogP contribution >= 0.6 is 24.8 Å². The second-order valence-electron chi connectivity index (χ2n) is 8.01. The van der Waals surface area contributed by atoms with Crippen LogP contribution in [0.25, 0.3) is 0 Å².